The van der Waals surface area contributed by atoms with Crippen LogP contribution in [-0.2, 0) is 9.53 Å². The van der Waals surface area contributed by atoms with E-state index >= 15 is 0 Å². The smallest absolute Gasteiger partial charge is 0.421 e. The highest BCUT2D eigenvalue weighted by atomic mass is 16.6. The number of nitrogens with zero attached hydrogens (tertiary/aromatic N) is 2. The Morgan fingerprint density at radius 3 is 2.54 bits per heavy atom. The highest BCUT2D eigenvalue weighted by Crippen LogP contribution is 2.32. The first kappa shape index (κ1) is 19.9. The molecule has 1 saturated carbocycles. The maximum atomic E-state index is 12.7. The van der Waals surface area contributed by atoms with E-state index in [2.05, 4.69) is 10.3 Å². The second-order valence-corrected chi connectivity index (χ2v) is 8.19. The molecule has 0 bridgehead atoms. The van der Waals surface area contributed by atoms with Crippen LogP contribution in [0.3, 0.4) is 0 Å². The molecule has 1 amide bonds. The van der Waals surface area contributed by atoms with Crippen molar-refractivity contribution in [1.29, 1.82) is 0 Å². The van der Waals surface area contributed by atoms with Crippen molar-refractivity contribution in [2.24, 2.45) is 5.92 Å². The van der Waals surface area contributed by atoms with Crippen molar-refractivity contribution in [3.05, 3.63) is 30.5 Å². The first-order chi connectivity index (χ1) is 13.3. The molecule has 0 radical (unpaired) electrons. The van der Waals surface area contributed by atoms with Gasteiger partial charge in [0.05, 0.1) is 17.6 Å². The average molecular weight is 384 g/mol. The second-order valence-electron chi connectivity index (χ2n) is 8.19. The van der Waals surface area contributed by atoms with Crippen molar-refractivity contribution in [3.63, 3.8) is 0 Å². The van der Waals surface area contributed by atoms with E-state index in [-0.39, 0.29) is 17.8 Å². The number of imidazole rings is 1. The summed E-state index contributed by atoms with van der Waals surface area (Å²) in [6.45, 7) is 5.36. The molecular formula is C21H28N4O3. The summed E-state index contributed by atoms with van der Waals surface area (Å²) < 4.78 is 6.69. The number of anilines is 2. The number of amides is 1. The van der Waals surface area contributed by atoms with Crippen LogP contribution in [-0.4, -0.2) is 27.2 Å². The lowest BCUT2D eigenvalue weighted by molar-refractivity contribution is -0.120. The number of carbonyl (C=O) groups is 2. The third kappa shape index (κ3) is 4.52. The van der Waals surface area contributed by atoms with Gasteiger partial charge in [-0.25, -0.2) is 14.3 Å². The highest BCUT2D eigenvalue weighted by Gasteiger charge is 2.25. The molecule has 28 heavy (non-hydrogen) atoms. The molecule has 1 fully saturated rings. The van der Waals surface area contributed by atoms with Crippen molar-refractivity contribution in [2.45, 2.75) is 58.5 Å². The molecule has 0 spiro atoms. The monoisotopic (exact) mass is 384 g/mol. The number of aromatic nitrogens is 2. The van der Waals surface area contributed by atoms with Crippen molar-refractivity contribution in [1.82, 2.24) is 9.55 Å². The summed E-state index contributed by atoms with van der Waals surface area (Å²) in [5, 5.41) is 3.03. The van der Waals surface area contributed by atoms with Gasteiger partial charge >= 0.3 is 6.09 Å². The van der Waals surface area contributed by atoms with Gasteiger partial charge in [-0.2, -0.15) is 0 Å². The Kier molecular flexibility index (Phi) is 5.72. The zero-order chi connectivity index (χ0) is 20.3. The third-order valence-corrected chi connectivity index (χ3v) is 4.80. The van der Waals surface area contributed by atoms with Crippen LogP contribution in [0.1, 0.15) is 52.9 Å². The molecule has 0 aliphatic heterocycles. The Balaban J connectivity index is 1.91. The molecule has 3 N–H and O–H groups in total. The van der Waals surface area contributed by atoms with E-state index in [1.165, 1.54) is 17.2 Å². The molecule has 3 rings (SSSR count). The third-order valence-electron chi connectivity index (χ3n) is 4.80. The highest BCUT2D eigenvalue weighted by molar-refractivity contribution is 5.97. The van der Waals surface area contributed by atoms with Gasteiger partial charge in [0.25, 0.3) is 0 Å². The van der Waals surface area contributed by atoms with Crippen molar-refractivity contribution >= 4 is 23.6 Å². The summed E-state index contributed by atoms with van der Waals surface area (Å²) in [6.07, 6.45) is 6.10. The van der Waals surface area contributed by atoms with E-state index in [4.69, 9.17) is 10.5 Å². The largest absolute Gasteiger partial charge is 0.443 e. The normalized spacial score (nSPS) is 15.2. The van der Waals surface area contributed by atoms with Crippen molar-refractivity contribution < 1.29 is 14.3 Å². The fourth-order valence-corrected chi connectivity index (χ4v) is 3.47. The Morgan fingerprint density at radius 2 is 1.86 bits per heavy atom. The van der Waals surface area contributed by atoms with E-state index in [0.717, 1.165) is 25.7 Å². The number of hydrogen-bond donors (Lipinski definition) is 2. The Morgan fingerprint density at radius 1 is 1.18 bits per heavy atom. The Bertz CT molecular complexity index is 861. The molecule has 1 aliphatic carbocycles. The van der Waals surface area contributed by atoms with Crippen LogP contribution in [0.5, 0.6) is 0 Å². The summed E-state index contributed by atoms with van der Waals surface area (Å²) in [7, 11) is 0. The lowest BCUT2D eigenvalue weighted by atomic mass is 9.88. The van der Waals surface area contributed by atoms with Gasteiger partial charge in [0.15, 0.2) is 0 Å². The molecule has 0 atom stereocenters. The predicted octanol–water partition coefficient (Wildman–Crippen LogP) is 4.43. The number of hydrogen-bond acceptors (Lipinski definition) is 5. The summed E-state index contributed by atoms with van der Waals surface area (Å²) >= 11 is 0. The molecule has 1 heterocycles. The van der Waals surface area contributed by atoms with E-state index < -0.39 is 11.7 Å². The topological polar surface area (TPSA) is 99.2 Å². The summed E-state index contributed by atoms with van der Waals surface area (Å²) in [4.78, 5) is 29.4. The lowest BCUT2D eigenvalue weighted by Gasteiger charge is -2.22. The number of benzene rings is 1. The molecule has 150 valence electrons. The predicted molar refractivity (Wildman–Crippen MR) is 109 cm³/mol. The SMILES string of the molecule is CC(C)(C)OC(=O)n1c(-c2ccccc2NC(=O)C2CCCCC2)cnc1N. The number of nitrogen functional groups attached to an aromatic ring is 1. The number of carbonyl (C=O) groups excluding carboxylic acids is 2. The van der Waals surface area contributed by atoms with Crippen LogP contribution in [0.2, 0.25) is 0 Å². The average Bonchev–Trinajstić information content (AvgIpc) is 3.03. The maximum Gasteiger partial charge on any atom is 0.421 e. The molecule has 7 heteroatoms. The molecule has 0 unspecified atom stereocenters. The molecule has 1 aromatic heterocycles. The van der Waals surface area contributed by atoms with Gasteiger partial charge in [-0.1, -0.05) is 37.5 Å². The van der Waals surface area contributed by atoms with Gasteiger partial charge in [-0.05, 0) is 39.7 Å². The first-order valence-electron chi connectivity index (χ1n) is 9.73. The van der Waals surface area contributed by atoms with E-state index in [0.29, 0.717) is 16.9 Å². The van der Waals surface area contributed by atoms with Crippen LogP contribution in [0.4, 0.5) is 16.4 Å². The van der Waals surface area contributed by atoms with Gasteiger partial charge in [0.1, 0.15) is 5.60 Å². The van der Waals surface area contributed by atoms with Gasteiger partial charge in [0.2, 0.25) is 11.9 Å². The van der Waals surface area contributed by atoms with Gasteiger partial charge in [-0.15, -0.1) is 0 Å². The standard InChI is InChI=1S/C21H28N4O3/c1-21(2,3)28-20(27)25-17(13-23-19(25)22)15-11-7-8-12-16(15)24-18(26)14-9-5-4-6-10-14/h7-8,11-14H,4-6,9-10H2,1-3H3,(H2,22,23)(H,24,26). The quantitative estimate of drug-likeness (QED) is 0.815. The minimum absolute atomic E-state index is 0.0171. The summed E-state index contributed by atoms with van der Waals surface area (Å²) in [5.41, 5.74) is 7.04. The maximum absolute atomic E-state index is 12.7. The molecule has 0 saturated heterocycles. The second kappa shape index (κ2) is 8.04. The van der Waals surface area contributed by atoms with Crippen molar-refractivity contribution in [2.75, 3.05) is 11.1 Å². The molecule has 1 aliphatic rings. The zero-order valence-corrected chi connectivity index (χ0v) is 16.7. The zero-order valence-electron chi connectivity index (χ0n) is 16.7. The molecule has 1 aromatic carbocycles. The fourth-order valence-electron chi connectivity index (χ4n) is 3.47. The van der Waals surface area contributed by atoms with E-state index in [1.54, 1.807) is 20.8 Å². The van der Waals surface area contributed by atoms with Crippen LogP contribution in [0.15, 0.2) is 30.5 Å². The lowest BCUT2D eigenvalue weighted by Crippen LogP contribution is -2.28. The minimum Gasteiger partial charge on any atom is -0.443 e. The minimum atomic E-state index is -0.667. The van der Waals surface area contributed by atoms with Crippen molar-refractivity contribution in [3.8, 4) is 11.3 Å². The Hall–Kier alpha value is -2.83. The number of ether oxygens (including phenoxy) is 1. The molecule has 7 nitrogen and oxygen atoms in total. The van der Waals surface area contributed by atoms with Crippen LogP contribution < -0.4 is 11.1 Å². The fraction of sp³-hybridized carbons (Fsp3) is 0.476. The molecule has 2 aromatic rings. The number of nitrogens with two attached hydrogens (primary N) is 1. The number of nitrogens with one attached hydrogen (secondary N) is 1. The summed E-state index contributed by atoms with van der Waals surface area (Å²) in [5.74, 6) is 0.0868. The Labute approximate surface area is 165 Å². The summed E-state index contributed by atoms with van der Waals surface area (Å²) in [6, 6.07) is 7.33. The molecular weight excluding hydrogens is 356 g/mol. The van der Waals surface area contributed by atoms with Crippen LogP contribution in [0, 0.1) is 5.92 Å². The number of para-hydroxylation sites is 1. The van der Waals surface area contributed by atoms with Gasteiger partial charge in [-0.3, -0.25) is 4.79 Å². The van der Waals surface area contributed by atoms with Gasteiger partial charge in [0, 0.05) is 11.5 Å². The van der Waals surface area contributed by atoms with Gasteiger partial charge < -0.3 is 15.8 Å². The van der Waals surface area contributed by atoms with Crippen LogP contribution in [0.25, 0.3) is 11.3 Å². The van der Waals surface area contributed by atoms with E-state index in [9.17, 15) is 9.59 Å². The number of rotatable bonds is 3. The van der Waals surface area contributed by atoms with E-state index in [1.807, 2.05) is 24.3 Å². The first-order valence-corrected chi connectivity index (χ1v) is 9.73. The van der Waals surface area contributed by atoms with Crippen LogP contribution >= 0.6 is 0 Å².